The van der Waals surface area contributed by atoms with Gasteiger partial charge in [0.2, 0.25) is 10.0 Å². The smallest absolute Gasteiger partial charge is 0.324 e. The van der Waals surface area contributed by atoms with Crippen LogP contribution in [0.5, 0.6) is 0 Å². The van der Waals surface area contributed by atoms with E-state index in [4.69, 9.17) is 11.2 Å². The zero-order chi connectivity index (χ0) is 17.6. The minimum atomic E-state index is -3.91. The summed E-state index contributed by atoms with van der Waals surface area (Å²) in [4.78, 5) is 12.2. The van der Waals surface area contributed by atoms with E-state index in [9.17, 15) is 13.2 Å². The Labute approximate surface area is 146 Å². The molecule has 0 saturated heterocycles. The molecule has 0 aliphatic rings. The van der Waals surface area contributed by atoms with Crippen molar-refractivity contribution in [3.63, 3.8) is 0 Å². The van der Waals surface area contributed by atoms with Crippen LogP contribution < -0.4 is 0 Å². The van der Waals surface area contributed by atoms with Gasteiger partial charge in [0, 0.05) is 17.4 Å². The molecule has 1 atom stereocenters. The number of hydrogen-bond acceptors (Lipinski definition) is 4. The van der Waals surface area contributed by atoms with Gasteiger partial charge in [-0.05, 0) is 34.0 Å². The van der Waals surface area contributed by atoms with Crippen LogP contribution in [0.1, 0.15) is 20.3 Å². The molecule has 5 nitrogen and oxygen atoms in total. The molecular weight excluding hydrogens is 382 g/mol. The van der Waals surface area contributed by atoms with Crippen LogP contribution in [0.4, 0.5) is 0 Å². The van der Waals surface area contributed by atoms with Gasteiger partial charge < -0.3 is 4.74 Å². The van der Waals surface area contributed by atoms with E-state index in [0.29, 0.717) is 4.47 Å². The summed E-state index contributed by atoms with van der Waals surface area (Å²) in [6.45, 7) is 3.57. The van der Waals surface area contributed by atoms with E-state index in [1.807, 2.05) is 0 Å². The minimum Gasteiger partial charge on any atom is -0.468 e. The van der Waals surface area contributed by atoms with Crippen molar-refractivity contribution in [2.45, 2.75) is 31.2 Å². The van der Waals surface area contributed by atoms with Crippen LogP contribution in [0.15, 0.2) is 33.6 Å². The van der Waals surface area contributed by atoms with Crippen molar-refractivity contribution >= 4 is 31.9 Å². The van der Waals surface area contributed by atoms with E-state index in [1.54, 1.807) is 32.0 Å². The van der Waals surface area contributed by atoms with Gasteiger partial charge in [-0.2, -0.15) is 4.31 Å². The number of sulfonamides is 1. The molecule has 0 spiro atoms. The molecule has 0 saturated carbocycles. The van der Waals surface area contributed by atoms with Crippen molar-refractivity contribution in [2.24, 2.45) is 5.92 Å². The average molecular weight is 402 g/mol. The molecule has 0 unspecified atom stereocenters. The summed E-state index contributed by atoms with van der Waals surface area (Å²) in [5.41, 5.74) is 0. The monoisotopic (exact) mass is 401 g/mol. The number of carbonyl (C=O) groups is 1. The molecule has 0 fully saturated rings. The number of rotatable bonds is 7. The van der Waals surface area contributed by atoms with Gasteiger partial charge in [-0.15, -0.1) is 12.3 Å². The third-order valence-electron chi connectivity index (χ3n) is 3.28. The Hall–Kier alpha value is -1.36. The number of carbonyl (C=O) groups excluding carboxylic acids is 1. The van der Waals surface area contributed by atoms with E-state index in [1.165, 1.54) is 13.2 Å². The highest BCUT2D eigenvalue weighted by Gasteiger charge is 2.38. The Kier molecular flexibility index (Phi) is 7.26. The summed E-state index contributed by atoms with van der Waals surface area (Å²) in [7, 11) is -2.68. The number of methoxy groups -OCH3 is 1. The van der Waals surface area contributed by atoms with Crippen LogP contribution in [-0.2, 0) is 19.6 Å². The fourth-order valence-corrected chi connectivity index (χ4v) is 4.88. The number of nitrogens with zero attached hydrogens (tertiary/aromatic N) is 1. The maximum atomic E-state index is 13.0. The lowest BCUT2D eigenvalue weighted by molar-refractivity contribution is -0.146. The zero-order valence-corrected chi connectivity index (χ0v) is 15.7. The van der Waals surface area contributed by atoms with Gasteiger partial charge >= 0.3 is 5.97 Å². The lowest BCUT2D eigenvalue weighted by atomic mass is 10.0. The summed E-state index contributed by atoms with van der Waals surface area (Å²) in [5, 5.41) is 0. The number of benzene rings is 1. The Morgan fingerprint density at radius 2 is 2.00 bits per heavy atom. The molecule has 23 heavy (non-hydrogen) atoms. The Balaban J connectivity index is 3.43. The fourth-order valence-electron chi connectivity index (χ4n) is 2.21. The molecule has 0 N–H and O–H groups in total. The molecular formula is C16H20BrNO4S. The highest BCUT2D eigenvalue weighted by molar-refractivity contribution is 9.10. The fraction of sp³-hybridized carbons (Fsp3) is 0.438. The Bertz CT molecular complexity index is 694. The van der Waals surface area contributed by atoms with Gasteiger partial charge in [-0.25, -0.2) is 8.42 Å². The van der Waals surface area contributed by atoms with E-state index in [2.05, 4.69) is 21.9 Å². The molecule has 0 aliphatic heterocycles. The molecule has 0 aliphatic carbocycles. The second-order valence-corrected chi connectivity index (χ2v) is 7.93. The highest BCUT2D eigenvalue weighted by Crippen LogP contribution is 2.28. The third kappa shape index (κ3) is 4.56. The molecule has 1 aromatic carbocycles. The van der Waals surface area contributed by atoms with Crippen molar-refractivity contribution in [2.75, 3.05) is 13.7 Å². The average Bonchev–Trinajstić information content (AvgIpc) is 2.50. The SMILES string of the molecule is C#CCCN([C@H](C(=O)OC)C(C)C)S(=O)(=O)c1ccccc1Br. The quantitative estimate of drug-likeness (QED) is 0.520. The summed E-state index contributed by atoms with van der Waals surface area (Å²) in [5.74, 6) is 1.55. The predicted octanol–water partition coefficient (Wildman–Crippen LogP) is 2.66. The number of hydrogen-bond donors (Lipinski definition) is 0. The van der Waals surface area contributed by atoms with Crippen LogP contribution in [-0.4, -0.2) is 38.4 Å². The Morgan fingerprint density at radius 1 is 1.39 bits per heavy atom. The summed E-state index contributed by atoms with van der Waals surface area (Å²) >= 11 is 3.25. The number of halogens is 1. The summed E-state index contributed by atoms with van der Waals surface area (Å²) < 4.78 is 32.4. The first-order chi connectivity index (χ1) is 10.8. The molecule has 1 rings (SSSR count). The molecule has 0 amide bonds. The third-order valence-corrected chi connectivity index (χ3v) is 6.18. The first-order valence-electron chi connectivity index (χ1n) is 7.05. The van der Waals surface area contributed by atoms with Crippen molar-refractivity contribution in [3.8, 4) is 12.3 Å². The lowest BCUT2D eigenvalue weighted by Crippen LogP contribution is -2.49. The van der Waals surface area contributed by atoms with Crippen LogP contribution >= 0.6 is 15.9 Å². The maximum absolute atomic E-state index is 13.0. The molecule has 0 bridgehead atoms. The second-order valence-electron chi connectivity index (χ2n) is 5.21. The van der Waals surface area contributed by atoms with Gasteiger partial charge in [0.25, 0.3) is 0 Å². The molecule has 7 heteroatoms. The highest BCUT2D eigenvalue weighted by atomic mass is 79.9. The number of esters is 1. The molecule has 126 valence electrons. The van der Waals surface area contributed by atoms with Gasteiger partial charge in [0.05, 0.1) is 12.0 Å². The van der Waals surface area contributed by atoms with Crippen LogP contribution in [0.25, 0.3) is 0 Å². The van der Waals surface area contributed by atoms with E-state index >= 15 is 0 Å². The Morgan fingerprint density at radius 3 is 2.48 bits per heavy atom. The zero-order valence-electron chi connectivity index (χ0n) is 13.3. The van der Waals surface area contributed by atoms with Crippen LogP contribution in [0.2, 0.25) is 0 Å². The summed E-state index contributed by atoms with van der Waals surface area (Å²) in [6.07, 6.45) is 5.47. The van der Waals surface area contributed by atoms with Gasteiger partial charge in [0.15, 0.2) is 0 Å². The summed E-state index contributed by atoms with van der Waals surface area (Å²) in [6, 6.07) is 5.52. The first kappa shape index (κ1) is 19.7. The second kappa shape index (κ2) is 8.48. The van der Waals surface area contributed by atoms with Gasteiger partial charge in [0.1, 0.15) is 6.04 Å². The molecule has 1 aromatic rings. The number of ether oxygens (including phenoxy) is 1. The maximum Gasteiger partial charge on any atom is 0.324 e. The largest absolute Gasteiger partial charge is 0.468 e. The van der Waals surface area contributed by atoms with Crippen LogP contribution in [0.3, 0.4) is 0 Å². The standard InChI is InChI=1S/C16H20BrNO4S/c1-5-6-11-18(15(12(2)3)16(19)22-4)23(20,21)14-10-8-7-9-13(14)17/h1,7-10,12,15H,6,11H2,2-4H3/t15-/m0/s1. The molecule has 0 heterocycles. The number of terminal acetylenes is 1. The van der Waals surface area contributed by atoms with Crippen molar-refractivity contribution in [1.82, 2.24) is 4.31 Å². The van der Waals surface area contributed by atoms with Gasteiger partial charge in [-0.1, -0.05) is 26.0 Å². The first-order valence-corrected chi connectivity index (χ1v) is 9.28. The van der Waals surface area contributed by atoms with E-state index in [-0.39, 0.29) is 23.8 Å². The molecule has 0 radical (unpaired) electrons. The van der Waals surface area contributed by atoms with Crippen molar-refractivity contribution in [3.05, 3.63) is 28.7 Å². The van der Waals surface area contributed by atoms with E-state index in [0.717, 1.165) is 4.31 Å². The van der Waals surface area contributed by atoms with Gasteiger partial charge in [-0.3, -0.25) is 4.79 Å². The topological polar surface area (TPSA) is 63.7 Å². The van der Waals surface area contributed by atoms with E-state index < -0.39 is 22.0 Å². The minimum absolute atomic E-state index is 0.0398. The molecule has 0 aromatic heterocycles. The van der Waals surface area contributed by atoms with Crippen LogP contribution in [0, 0.1) is 18.3 Å². The van der Waals surface area contributed by atoms with Crippen molar-refractivity contribution in [1.29, 1.82) is 0 Å². The normalized spacial score (nSPS) is 12.9. The van der Waals surface area contributed by atoms with Crippen molar-refractivity contribution < 1.29 is 17.9 Å². The lowest BCUT2D eigenvalue weighted by Gasteiger charge is -2.31. The predicted molar refractivity (Wildman–Crippen MR) is 92.1 cm³/mol.